The Hall–Kier alpha value is -1.59. The van der Waals surface area contributed by atoms with Crippen LogP contribution in [0.4, 0.5) is 0 Å². The monoisotopic (exact) mass is 357 g/mol. The summed E-state index contributed by atoms with van der Waals surface area (Å²) < 4.78 is 0. The summed E-state index contributed by atoms with van der Waals surface area (Å²) in [6.07, 6.45) is 1.19. The lowest BCUT2D eigenvalue weighted by Gasteiger charge is -2.41. The normalized spacial score (nSPS) is 29.0. The fourth-order valence-electron chi connectivity index (χ4n) is 4.40. The minimum Gasteiger partial charge on any atom is -0.355 e. The molecule has 3 rings (SSSR count). The van der Waals surface area contributed by atoms with Crippen molar-refractivity contribution in [2.45, 2.75) is 25.3 Å². The summed E-state index contributed by atoms with van der Waals surface area (Å²) >= 11 is 0. The molecule has 0 saturated carbocycles. The van der Waals surface area contributed by atoms with Gasteiger partial charge in [0.25, 0.3) is 0 Å². The van der Waals surface area contributed by atoms with Crippen LogP contribution in [0.1, 0.15) is 24.8 Å². The Bertz CT molecular complexity index is 587. The van der Waals surface area contributed by atoms with Crippen molar-refractivity contribution in [3.05, 3.63) is 35.9 Å². The lowest BCUT2D eigenvalue weighted by Crippen LogP contribution is -2.56. The number of piperidine rings is 1. The number of hydrogen-bond acceptors (Lipinski definition) is 3. The maximum atomic E-state index is 4.57. The van der Waals surface area contributed by atoms with Gasteiger partial charge < -0.3 is 15.1 Å². The lowest BCUT2D eigenvalue weighted by molar-refractivity contribution is 0.115. The Labute approximate surface area is 159 Å². The van der Waals surface area contributed by atoms with Crippen molar-refractivity contribution in [1.82, 2.24) is 20.0 Å². The summed E-state index contributed by atoms with van der Waals surface area (Å²) in [6, 6.07) is 11.5. The van der Waals surface area contributed by atoms with E-state index in [1.165, 1.54) is 12.0 Å². The van der Waals surface area contributed by atoms with Crippen molar-refractivity contribution in [3.63, 3.8) is 0 Å². The van der Waals surface area contributed by atoms with Crippen LogP contribution in [0.25, 0.3) is 0 Å². The molecule has 26 heavy (non-hydrogen) atoms. The Balaban J connectivity index is 1.55. The Morgan fingerprint density at radius 2 is 1.88 bits per heavy atom. The highest BCUT2D eigenvalue weighted by Gasteiger charge is 2.29. The molecule has 1 aromatic carbocycles. The predicted molar refractivity (Wildman–Crippen MR) is 110 cm³/mol. The predicted octanol–water partition coefficient (Wildman–Crippen LogP) is 1.93. The van der Waals surface area contributed by atoms with Gasteiger partial charge in [0.1, 0.15) is 0 Å². The maximum Gasteiger partial charge on any atom is 0.193 e. The average Bonchev–Trinajstić information content (AvgIpc) is 2.66. The van der Waals surface area contributed by atoms with E-state index in [1.807, 2.05) is 7.05 Å². The standard InChI is InChI=1S/C21H35N5/c1-17-15-26(11-10-20(17)18-8-6-5-7-9-18)21(22-2)23-14-19-16-24(3)12-13-25(19)4/h5-9,17,19-20H,10-16H2,1-4H3,(H,22,23). The highest BCUT2D eigenvalue weighted by molar-refractivity contribution is 5.80. The highest BCUT2D eigenvalue weighted by atomic mass is 15.3. The topological polar surface area (TPSA) is 34.1 Å². The molecule has 144 valence electrons. The zero-order valence-corrected chi connectivity index (χ0v) is 16.9. The number of benzene rings is 1. The van der Waals surface area contributed by atoms with Crippen LogP contribution < -0.4 is 5.32 Å². The van der Waals surface area contributed by atoms with Crippen molar-refractivity contribution < 1.29 is 0 Å². The minimum absolute atomic E-state index is 0.546. The molecule has 2 aliphatic heterocycles. The summed E-state index contributed by atoms with van der Waals surface area (Å²) in [6.45, 7) is 8.89. The molecule has 5 heteroatoms. The number of nitrogens with zero attached hydrogens (tertiary/aromatic N) is 4. The first-order valence-corrected chi connectivity index (χ1v) is 9.97. The van der Waals surface area contributed by atoms with Gasteiger partial charge in [-0.25, -0.2) is 0 Å². The Kier molecular flexibility index (Phi) is 6.54. The number of nitrogens with one attached hydrogen (secondary N) is 1. The third kappa shape index (κ3) is 4.57. The number of likely N-dealkylation sites (tertiary alicyclic amines) is 1. The second kappa shape index (κ2) is 8.87. The molecule has 0 bridgehead atoms. The van der Waals surface area contributed by atoms with Gasteiger partial charge in [-0.1, -0.05) is 37.3 Å². The van der Waals surface area contributed by atoms with Gasteiger partial charge in [0.15, 0.2) is 5.96 Å². The summed E-state index contributed by atoms with van der Waals surface area (Å²) in [5.41, 5.74) is 1.48. The first kappa shape index (κ1) is 19.2. The van der Waals surface area contributed by atoms with Crippen LogP contribution in [-0.4, -0.2) is 87.1 Å². The fraction of sp³-hybridized carbons (Fsp3) is 0.667. The quantitative estimate of drug-likeness (QED) is 0.662. The second-order valence-electron chi connectivity index (χ2n) is 8.05. The summed E-state index contributed by atoms with van der Waals surface area (Å²) in [5, 5.41) is 3.64. The summed E-state index contributed by atoms with van der Waals surface area (Å²) in [5.74, 6) is 2.35. The zero-order valence-electron chi connectivity index (χ0n) is 16.9. The van der Waals surface area contributed by atoms with E-state index >= 15 is 0 Å². The van der Waals surface area contributed by atoms with E-state index in [0.717, 1.165) is 45.2 Å². The molecule has 1 N–H and O–H groups in total. The van der Waals surface area contributed by atoms with Crippen LogP contribution in [0.3, 0.4) is 0 Å². The summed E-state index contributed by atoms with van der Waals surface area (Å²) in [7, 11) is 6.35. The van der Waals surface area contributed by atoms with Crippen molar-refractivity contribution in [1.29, 1.82) is 0 Å². The smallest absolute Gasteiger partial charge is 0.193 e. The molecule has 0 radical (unpaired) electrons. The van der Waals surface area contributed by atoms with Gasteiger partial charge in [-0.2, -0.15) is 0 Å². The molecule has 3 atom stereocenters. The molecular formula is C21H35N5. The molecule has 2 saturated heterocycles. The SMILES string of the molecule is CN=C(NCC1CN(C)CCN1C)N1CCC(c2ccccc2)C(C)C1. The Morgan fingerprint density at radius 3 is 2.58 bits per heavy atom. The second-order valence-corrected chi connectivity index (χ2v) is 8.05. The van der Waals surface area contributed by atoms with E-state index in [4.69, 9.17) is 0 Å². The van der Waals surface area contributed by atoms with Crippen LogP contribution in [0, 0.1) is 5.92 Å². The largest absolute Gasteiger partial charge is 0.355 e. The molecule has 0 amide bonds. The van der Waals surface area contributed by atoms with Crippen molar-refractivity contribution >= 4 is 5.96 Å². The number of likely N-dealkylation sites (N-methyl/N-ethyl adjacent to an activating group) is 2. The van der Waals surface area contributed by atoms with Crippen LogP contribution >= 0.6 is 0 Å². The van der Waals surface area contributed by atoms with Gasteiger partial charge in [0.05, 0.1) is 0 Å². The molecule has 2 fully saturated rings. The van der Waals surface area contributed by atoms with Crippen molar-refractivity contribution in [3.8, 4) is 0 Å². The molecule has 0 aromatic heterocycles. The summed E-state index contributed by atoms with van der Waals surface area (Å²) in [4.78, 5) is 11.9. The number of piperazine rings is 1. The fourth-order valence-corrected chi connectivity index (χ4v) is 4.40. The number of rotatable bonds is 3. The molecule has 1 aromatic rings. The van der Waals surface area contributed by atoms with Crippen LogP contribution in [-0.2, 0) is 0 Å². The van der Waals surface area contributed by atoms with Gasteiger partial charge in [0.2, 0.25) is 0 Å². The average molecular weight is 358 g/mol. The molecule has 0 aliphatic carbocycles. The van der Waals surface area contributed by atoms with Crippen LogP contribution in [0.2, 0.25) is 0 Å². The molecule has 0 spiro atoms. The van der Waals surface area contributed by atoms with Crippen molar-refractivity contribution in [2.75, 3.05) is 60.4 Å². The lowest BCUT2D eigenvalue weighted by atomic mass is 9.82. The van der Waals surface area contributed by atoms with E-state index in [1.54, 1.807) is 0 Å². The van der Waals surface area contributed by atoms with Crippen LogP contribution in [0.5, 0.6) is 0 Å². The van der Waals surface area contributed by atoms with Gasteiger partial charge >= 0.3 is 0 Å². The van der Waals surface area contributed by atoms with Gasteiger partial charge in [-0.05, 0) is 37.9 Å². The molecule has 5 nitrogen and oxygen atoms in total. The Morgan fingerprint density at radius 1 is 1.12 bits per heavy atom. The van der Waals surface area contributed by atoms with Gasteiger partial charge in [-0.15, -0.1) is 0 Å². The van der Waals surface area contributed by atoms with Gasteiger partial charge in [-0.3, -0.25) is 9.89 Å². The van der Waals surface area contributed by atoms with Gasteiger partial charge in [0, 0.05) is 52.4 Å². The minimum atomic E-state index is 0.546. The maximum absolute atomic E-state index is 4.57. The van der Waals surface area contributed by atoms with E-state index in [9.17, 15) is 0 Å². The molecule has 2 aliphatic rings. The number of hydrogen-bond donors (Lipinski definition) is 1. The van der Waals surface area contributed by atoms with E-state index in [-0.39, 0.29) is 0 Å². The molecule has 3 unspecified atom stereocenters. The first-order valence-electron chi connectivity index (χ1n) is 9.97. The number of aliphatic imine (C=N–C) groups is 1. The number of guanidine groups is 1. The third-order valence-corrected chi connectivity index (χ3v) is 6.12. The van der Waals surface area contributed by atoms with Crippen LogP contribution in [0.15, 0.2) is 35.3 Å². The zero-order chi connectivity index (χ0) is 18.5. The first-order chi connectivity index (χ1) is 12.6. The van der Waals surface area contributed by atoms with Crippen molar-refractivity contribution in [2.24, 2.45) is 10.9 Å². The molecule has 2 heterocycles. The van der Waals surface area contributed by atoms with E-state index in [2.05, 4.69) is 76.4 Å². The highest BCUT2D eigenvalue weighted by Crippen LogP contribution is 2.32. The van der Waals surface area contributed by atoms with E-state index < -0.39 is 0 Å². The van der Waals surface area contributed by atoms with E-state index in [0.29, 0.717) is 17.9 Å². The molecular weight excluding hydrogens is 322 g/mol. The third-order valence-electron chi connectivity index (χ3n) is 6.12.